The summed E-state index contributed by atoms with van der Waals surface area (Å²) < 4.78 is 4.93. The van der Waals surface area contributed by atoms with Crippen molar-refractivity contribution < 1.29 is 19.1 Å². The lowest BCUT2D eigenvalue weighted by molar-refractivity contribution is -0.121. The van der Waals surface area contributed by atoms with Crippen LogP contribution in [0.15, 0.2) is 24.3 Å². The van der Waals surface area contributed by atoms with Crippen LogP contribution < -0.4 is 10.2 Å². The molecule has 0 aliphatic rings. The fraction of sp³-hybridized carbons (Fsp3) is 0.500. The van der Waals surface area contributed by atoms with Gasteiger partial charge in [0.15, 0.2) is 0 Å². The quantitative estimate of drug-likeness (QED) is 0.741. The molecular formula is C18H26N2O4. The SMILES string of the molecule is CCOC(=O)c1ccc(N(CCC(=O)NC(C)CC)C(C)=O)cc1. The summed E-state index contributed by atoms with van der Waals surface area (Å²) in [5.41, 5.74) is 1.07. The Hall–Kier alpha value is -2.37. The zero-order valence-corrected chi connectivity index (χ0v) is 14.8. The molecule has 0 aliphatic heterocycles. The highest BCUT2D eigenvalue weighted by atomic mass is 16.5. The second-order valence-electron chi connectivity index (χ2n) is 5.56. The van der Waals surface area contributed by atoms with E-state index in [1.165, 1.54) is 11.8 Å². The van der Waals surface area contributed by atoms with E-state index in [-0.39, 0.29) is 30.8 Å². The third-order valence-corrected chi connectivity index (χ3v) is 3.65. The third kappa shape index (κ3) is 6.02. The molecule has 0 heterocycles. The number of hydrogen-bond acceptors (Lipinski definition) is 4. The van der Waals surface area contributed by atoms with Crippen LogP contribution in [-0.4, -0.2) is 37.0 Å². The summed E-state index contributed by atoms with van der Waals surface area (Å²) >= 11 is 0. The maximum atomic E-state index is 11.9. The van der Waals surface area contributed by atoms with E-state index in [0.717, 1.165) is 6.42 Å². The van der Waals surface area contributed by atoms with Gasteiger partial charge in [-0.1, -0.05) is 6.92 Å². The molecule has 0 saturated heterocycles. The molecule has 0 saturated carbocycles. The number of rotatable bonds is 8. The number of amides is 2. The monoisotopic (exact) mass is 334 g/mol. The standard InChI is InChI=1S/C18H26N2O4/c1-5-13(3)19-17(22)11-12-20(14(4)21)16-9-7-15(8-10-16)18(23)24-6-2/h7-10,13H,5-6,11-12H2,1-4H3,(H,19,22). The average molecular weight is 334 g/mol. The molecule has 0 aromatic heterocycles. The summed E-state index contributed by atoms with van der Waals surface area (Å²) in [6, 6.07) is 6.71. The molecule has 6 nitrogen and oxygen atoms in total. The molecule has 0 bridgehead atoms. The Balaban J connectivity index is 2.73. The van der Waals surface area contributed by atoms with E-state index in [0.29, 0.717) is 17.9 Å². The van der Waals surface area contributed by atoms with Crippen molar-refractivity contribution in [2.24, 2.45) is 0 Å². The van der Waals surface area contributed by atoms with Gasteiger partial charge in [-0.15, -0.1) is 0 Å². The molecule has 1 aromatic carbocycles. The number of hydrogen-bond donors (Lipinski definition) is 1. The lowest BCUT2D eigenvalue weighted by Gasteiger charge is -2.21. The van der Waals surface area contributed by atoms with Gasteiger partial charge in [-0.05, 0) is 44.5 Å². The second-order valence-corrected chi connectivity index (χ2v) is 5.56. The van der Waals surface area contributed by atoms with Crippen LogP contribution in [0.2, 0.25) is 0 Å². The van der Waals surface area contributed by atoms with Crippen molar-refractivity contribution in [3.05, 3.63) is 29.8 Å². The minimum absolute atomic E-state index is 0.0845. The van der Waals surface area contributed by atoms with Gasteiger partial charge in [0.05, 0.1) is 12.2 Å². The van der Waals surface area contributed by atoms with E-state index in [9.17, 15) is 14.4 Å². The Kier molecular flexibility index (Phi) is 7.95. The zero-order valence-electron chi connectivity index (χ0n) is 14.8. The highest BCUT2D eigenvalue weighted by Gasteiger charge is 2.15. The first-order valence-corrected chi connectivity index (χ1v) is 8.23. The van der Waals surface area contributed by atoms with Gasteiger partial charge in [-0.2, -0.15) is 0 Å². The van der Waals surface area contributed by atoms with Crippen molar-refractivity contribution in [2.45, 2.75) is 46.6 Å². The van der Waals surface area contributed by atoms with Crippen molar-refractivity contribution in [1.82, 2.24) is 5.32 Å². The highest BCUT2D eigenvalue weighted by Crippen LogP contribution is 2.17. The molecule has 24 heavy (non-hydrogen) atoms. The number of carbonyl (C=O) groups is 3. The van der Waals surface area contributed by atoms with Crippen molar-refractivity contribution in [3.8, 4) is 0 Å². The van der Waals surface area contributed by atoms with E-state index < -0.39 is 5.97 Å². The van der Waals surface area contributed by atoms with Crippen molar-refractivity contribution in [3.63, 3.8) is 0 Å². The Bertz CT molecular complexity index is 569. The van der Waals surface area contributed by atoms with Crippen LogP contribution in [0.4, 0.5) is 5.69 Å². The Morgan fingerprint density at radius 1 is 1.17 bits per heavy atom. The van der Waals surface area contributed by atoms with Crippen LogP contribution >= 0.6 is 0 Å². The first-order valence-electron chi connectivity index (χ1n) is 8.23. The van der Waals surface area contributed by atoms with Crippen LogP contribution in [0.25, 0.3) is 0 Å². The van der Waals surface area contributed by atoms with Gasteiger partial charge in [0.1, 0.15) is 0 Å². The summed E-state index contributed by atoms with van der Waals surface area (Å²) in [6.45, 7) is 7.73. The van der Waals surface area contributed by atoms with Gasteiger partial charge in [0.2, 0.25) is 11.8 Å². The highest BCUT2D eigenvalue weighted by molar-refractivity contribution is 5.94. The van der Waals surface area contributed by atoms with Crippen LogP contribution in [0.3, 0.4) is 0 Å². The van der Waals surface area contributed by atoms with Crippen LogP contribution in [0.1, 0.15) is 50.9 Å². The predicted octanol–water partition coefficient (Wildman–Crippen LogP) is 2.52. The topological polar surface area (TPSA) is 75.7 Å². The maximum Gasteiger partial charge on any atom is 0.338 e. The first kappa shape index (κ1) is 19.7. The molecule has 6 heteroatoms. The summed E-state index contributed by atoms with van der Waals surface area (Å²) in [4.78, 5) is 36.9. The average Bonchev–Trinajstić information content (AvgIpc) is 2.55. The number of carbonyl (C=O) groups excluding carboxylic acids is 3. The van der Waals surface area contributed by atoms with Crippen molar-refractivity contribution >= 4 is 23.5 Å². The molecule has 1 rings (SSSR count). The molecule has 0 fully saturated rings. The number of anilines is 1. The summed E-state index contributed by atoms with van der Waals surface area (Å²) in [5.74, 6) is -0.639. The molecule has 0 spiro atoms. The van der Waals surface area contributed by atoms with E-state index in [1.807, 2.05) is 13.8 Å². The van der Waals surface area contributed by atoms with Crippen LogP contribution in [-0.2, 0) is 14.3 Å². The van der Waals surface area contributed by atoms with Gasteiger partial charge in [-0.3, -0.25) is 9.59 Å². The zero-order chi connectivity index (χ0) is 18.1. The summed E-state index contributed by atoms with van der Waals surface area (Å²) in [7, 11) is 0. The molecule has 2 amide bonds. The predicted molar refractivity (Wildman–Crippen MR) is 92.9 cm³/mol. The fourth-order valence-electron chi connectivity index (χ4n) is 2.12. The van der Waals surface area contributed by atoms with Crippen LogP contribution in [0.5, 0.6) is 0 Å². The van der Waals surface area contributed by atoms with Gasteiger partial charge in [-0.25, -0.2) is 4.79 Å². The third-order valence-electron chi connectivity index (χ3n) is 3.65. The Morgan fingerprint density at radius 3 is 2.29 bits per heavy atom. The van der Waals surface area contributed by atoms with Gasteiger partial charge in [0.25, 0.3) is 0 Å². The molecule has 132 valence electrons. The number of ether oxygens (including phenoxy) is 1. The molecule has 1 unspecified atom stereocenters. The van der Waals surface area contributed by atoms with E-state index in [4.69, 9.17) is 4.74 Å². The number of nitrogens with zero attached hydrogens (tertiary/aromatic N) is 1. The number of nitrogens with one attached hydrogen (secondary N) is 1. The molecular weight excluding hydrogens is 308 g/mol. The minimum atomic E-state index is -0.397. The van der Waals surface area contributed by atoms with E-state index in [2.05, 4.69) is 5.32 Å². The van der Waals surface area contributed by atoms with E-state index >= 15 is 0 Å². The Morgan fingerprint density at radius 2 is 1.79 bits per heavy atom. The van der Waals surface area contributed by atoms with Crippen molar-refractivity contribution in [1.29, 1.82) is 0 Å². The molecule has 0 aliphatic carbocycles. The molecule has 1 aromatic rings. The normalized spacial score (nSPS) is 11.5. The van der Waals surface area contributed by atoms with Gasteiger partial charge < -0.3 is 15.0 Å². The van der Waals surface area contributed by atoms with E-state index in [1.54, 1.807) is 31.2 Å². The lowest BCUT2D eigenvalue weighted by Crippen LogP contribution is -2.36. The smallest absolute Gasteiger partial charge is 0.338 e. The second kappa shape index (κ2) is 9.70. The molecule has 0 radical (unpaired) electrons. The first-order chi connectivity index (χ1) is 11.4. The minimum Gasteiger partial charge on any atom is -0.462 e. The summed E-state index contributed by atoms with van der Waals surface area (Å²) in [6.07, 6.45) is 1.08. The van der Waals surface area contributed by atoms with Gasteiger partial charge >= 0.3 is 5.97 Å². The molecule has 1 atom stereocenters. The van der Waals surface area contributed by atoms with Crippen molar-refractivity contribution in [2.75, 3.05) is 18.1 Å². The maximum absolute atomic E-state index is 11.9. The number of esters is 1. The lowest BCUT2D eigenvalue weighted by atomic mass is 10.2. The summed E-state index contributed by atoms with van der Waals surface area (Å²) in [5, 5.41) is 2.88. The Labute approximate surface area is 143 Å². The largest absolute Gasteiger partial charge is 0.462 e. The van der Waals surface area contributed by atoms with Crippen LogP contribution in [0, 0.1) is 0 Å². The fourth-order valence-corrected chi connectivity index (χ4v) is 2.12. The molecule has 1 N–H and O–H groups in total. The van der Waals surface area contributed by atoms with Gasteiger partial charge in [0, 0.05) is 31.6 Å². The number of benzene rings is 1.